The molecular formula is C24H21N3O4S. The third kappa shape index (κ3) is 3.57. The number of pyridine rings is 2. The van der Waals surface area contributed by atoms with Gasteiger partial charge in [0.15, 0.2) is 0 Å². The van der Waals surface area contributed by atoms with E-state index in [0.717, 1.165) is 15.6 Å². The molecule has 5 rings (SSSR count). The van der Waals surface area contributed by atoms with Gasteiger partial charge in [0.2, 0.25) is 0 Å². The number of piperazine rings is 1. The zero-order valence-corrected chi connectivity index (χ0v) is 18.0. The monoisotopic (exact) mass is 447 g/mol. The van der Waals surface area contributed by atoms with E-state index in [2.05, 4.69) is 0 Å². The van der Waals surface area contributed by atoms with Crippen molar-refractivity contribution in [2.45, 2.75) is 0 Å². The number of aliphatic carboxylic acids is 1. The quantitative estimate of drug-likeness (QED) is 0.520. The van der Waals surface area contributed by atoms with E-state index in [1.54, 1.807) is 21.6 Å². The largest absolute Gasteiger partial charge is 0.480 e. The maximum Gasteiger partial charge on any atom is 0.317 e. The van der Waals surface area contributed by atoms with E-state index in [1.807, 2.05) is 52.7 Å². The van der Waals surface area contributed by atoms with Crippen molar-refractivity contribution in [3.05, 3.63) is 76.0 Å². The van der Waals surface area contributed by atoms with Crippen molar-refractivity contribution in [3.63, 3.8) is 0 Å². The number of benzene rings is 1. The molecule has 0 saturated carbocycles. The molecule has 1 saturated heterocycles. The van der Waals surface area contributed by atoms with Crippen LogP contribution in [0.1, 0.15) is 10.4 Å². The summed E-state index contributed by atoms with van der Waals surface area (Å²) in [4.78, 5) is 41.6. The maximum atomic E-state index is 13.7. The van der Waals surface area contributed by atoms with Gasteiger partial charge in [-0.05, 0) is 34.5 Å². The third-order valence-electron chi connectivity index (χ3n) is 5.88. The predicted octanol–water partition coefficient (Wildman–Crippen LogP) is 3.02. The normalized spacial score (nSPS) is 14.8. The number of hydrogen-bond donors (Lipinski definition) is 1. The molecule has 1 aromatic carbocycles. The van der Waals surface area contributed by atoms with E-state index in [4.69, 9.17) is 5.11 Å². The Morgan fingerprint density at radius 1 is 1.00 bits per heavy atom. The smallest absolute Gasteiger partial charge is 0.317 e. The summed E-state index contributed by atoms with van der Waals surface area (Å²) >= 11 is 1.51. The van der Waals surface area contributed by atoms with Gasteiger partial charge in [-0.2, -0.15) is 0 Å². The van der Waals surface area contributed by atoms with Gasteiger partial charge in [-0.1, -0.05) is 30.3 Å². The molecule has 1 amide bonds. The molecule has 1 N–H and O–H groups in total. The average Bonchev–Trinajstić information content (AvgIpc) is 3.29. The summed E-state index contributed by atoms with van der Waals surface area (Å²) in [6.45, 7) is 1.86. The van der Waals surface area contributed by atoms with Gasteiger partial charge in [0.25, 0.3) is 11.5 Å². The maximum absolute atomic E-state index is 13.7. The number of rotatable bonds is 4. The van der Waals surface area contributed by atoms with E-state index in [0.29, 0.717) is 42.8 Å². The van der Waals surface area contributed by atoms with Crippen LogP contribution >= 0.6 is 11.3 Å². The Morgan fingerprint density at radius 2 is 1.75 bits per heavy atom. The SMILES string of the molecule is O=C(O)CN1CCN(C(=O)c2cc(-c3ccccc3)c(=O)n3ccc4ccsc4c23)CC1. The molecule has 4 aromatic rings. The van der Waals surface area contributed by atoms with Crippen LogP contribution in [0.4, 0.5) is 0 Å². The second-order valence-electron chi connectivity index (χ2n) is 7.84. The Kier molecular flexibility index (Phi) is 5.24. The van der Waals surface area contributed by atoms with Gasteiger partial charge < -0.3 is 10.0 Å². The van der Waals surface area contributed by atoms with E-state index in [9.17, 15) is 14.4 Å². The molecule has 0 radical (unpaired) electrons. The lowest BCUT2D eigenvalue weighted by atomic mass is 10.0. The Bertz CT molecular complexity index is 1390. The number of thiophene rings is 1. The molecule has 0 bridgehead atoms. The van der Waals surface area contributed by atoms with Gasteiger partial charge in [-0.3, -0.25) is 23.7 Å². The first-order valence-electron chi connectivity index (χ1n) is 10.4. The summed E-state index contributed by atoms with van der Waals surface area (Å²) in [5.74, 6) is -1.01. The lowest BCUT2D eigenvalue weighted by molar-refractivity contribution is -0.138. The number of amides is 1. The van der Waals surface area contributed by atoms with Crippen molar-refractivity contribution in [2.75, 3.05) is 32.7 Å². The molecule has 4 heterocycles. The zero-order valence-electron chi connectivity index (χ0n) is 17.2. The van der Waals surface area contributed by atoms with Crippen molar-refractivity contribution >= 4 is 38.8 Å². The number of hydrogen-bond acceptors (Lipinski definition) is 5. The zero-order chi connectivity index (χ0) is 22.2. The van der Waals surface area contributed by atoms with Crippen LogP contribution in [-0.4, -0.2) is 63.9 Å². The first-order valence-corrected chi connectivity index (χ1v) is 11.3. The number of fused-ring (bicyclic) bond motifs is 3. The summed E-state index contributed by atoms with van der Waals surface area (Å²) in [6.07, 6.45) is 1.74. The van der Waals surface area contributed by atoms with Crippen LogP contribution < -0.4 is 5.56 Å². The van der Waals surface area contributed by atoms with Gasteiger partial charge >= 0.3 is 5.97 Å². The standard InChI is InChI=1S/C24H21N3O4S/c28-20(29)15-25-9-11-26(12-10-25)23(30)19-14-18(16-4-2-1-3-5-16)24(31)27-8-6-17-7-13-32-22(17)21(19)27/h1-8,13-14H,9-12,15H2,(H,28,29). The molecule has 0 unspecified atom stereocenters. The summed E-state index contributed by atoms with van der Waals surface area (Å²) in [5, 5.41) is 12.0. The van der Waals surface area contributed by atoms with Gasteiger partial charge in [0.1, 0.15) is 0 Å². The number of aromatic nitrogens is 1. The molecule has 0 aliphatic carbocycles. The molecule has 8 heteroatoms. The molecule has 0 spiro atoms. The molecule has 162 valence electrons. The Morgan fingerprint density at radius 3 is 2.47 bits per heavy atom. The Hall–Kier alpha value is -3.49. The summed E-state index contributed by atoms with van der Waals surface area (Å²) in [7, 11) is 0. The van der Waals surface area contributed by atoms with Crippen molar-refractivity contribution < 1.29 is 14.7 Å². The molecule has 1 aliphatic rings. The van der Waals surface area contributed by atoms with Crippen molar-refractivity contribution in [3.8, 4) is 11.1 Å². The van der Waals surface area contributed by atoms with Gasteiger partial charge in [0, 0.05) is 37.9 Å². The number of carboxylic acid groups (broad SMARTS) is 1. The molecule has 1 aliphatic heterocycles. The Labute approximate surface area is 187 Å². The second kappa shape index (κ2) is 8.22. The van der Waals surface area contributed by atoms with Crippen LogP contribution in [0.5, 0.6) is 0 Å². The highest BCUT2D eigenvalue weighted by Gasteiger charge is 2.26. The van der Waals surface area contributed by atoms with Crippen molar-refractivity contribution in [1.29, 1.82) is 0 Å². The predicted molar refractivity (Wildman–Crippen MR) is 124 cm³/mol. The first kappa shape index (κ1) is 20.4. The van der Waals surface area contributed by atoms with Crippen molar-refractivity contribution in [1.82, 2.24) is 14.2 Å². The fraction of sp³-hybridized carbons (Fsp3) is 0.208. The molecule has 3 aromatic heterocycles. The molecular weight excluding hydrogens is 426 g/mol. The number of carbonyl (C=O) groups is 2. The number of carboxylic acids is 1. The highest BCUT2D eigenvalue weighted by Crippen LogP contribution is 2.30. The van der Waals surface area contributed by atoms with E-state index in [1.165, 1.54) is 11.3 Å². The summed E-state index contributed by atoms with van der Waals surface area (Å²) in [5.41, 5.74) is 2.19. The van der Waals surface area contributed by atoms with Gasteiger partial charge in [-0.15, -0.1) is 11.3 Å². The topological polar surface area (TPSA) is 82.3 Å². The van der Waals surface area contributed by atoms with Crippen LogP contribution in [0, 0.1) is 0 Å². The van der Waals surface area contributed by atoms with Crippen LogP contribution in [-0.2, 0) is 4.79 Å². The molecule has 32 heavy (non-hydrogen) atoms. The van der Waals surface area contributed by atoms with Crippen LogP contribution in [0.2, 0.25) is 0 Å². The second-order valence-corrected chi connectivity index (χ2v) is 8.76. The van der Waals surface area contributed by atoms with E-state index >= 15 is 0 Å². The average molecular weight is 448 g/mol. The fourth-order valence-electron chi connectivity index (χ4n) is 4.27. The third-order valence-corrected chi connectivity index (χ3v) is 6.82. The minimum atomic E-state index is -0.870. The molecule has 0 atom stereocenters. The van der Waals surface area contributed by atoms with Crippen molar-refractivity contribution in [2.24, 2.45) is 0 Å². The lowest BCUT2D eigenvalue weighted by Gasteiger charge is -2.34. The fourth-order valence-corrected chi connectivity index (χ4v) is 5.21. The Balaban J connectivity index is 1.63. The number of nitrogens with zero attached hydrogens (tertiary/aromatic N) is 3. The van der Waals surface area contributed by atoms with Crippen LogP contribution in [0.15, 0.2) is 64.9 Å². The summed E-state index contributed by atoms with van der Waals surface area (Å²) < 4.78 is 2.48. The minimum absolute atomic E-state index is 0.0281. The van der Waals surface area contributed by atoms with Crippen LogP contribution in [0.3, 0.4) is 0 Å². The summed E-state index contributed by atoms with van der Waals surface area (Å²) in [6, 6.07) is 15.0. The first-order chi connectivity index (χ1) is 15.5. The molecule has 1 fully saturated rings. The highest BCUT2D eigenvalue weighted by molar-refractivity contribution is 7.18. The molecule has 7 nitrogen and oxygen atoms in total. The van der Waals surface area contributed by atoms with E-state index in [-0.39, 0.29) is 18.0 Å². The minimum Gasteiger partial charge on any atom is -0.480 e. The van der Waals surface area contributed by atoms with Gasteiger partial charge in [-0.25, -0.2) is 0 Å². The number of carbonyl (C=O) groups excluding carboxylic acids is 1. The highest BCUT2D eigenvalue weighted by atomic mass is 32.1. The lowest BCUT2D eigenvalue weighted by Crippen LogP contribution is -2.50. The van der Waals surface area contributed by atoms with Gasteiger partial charge in [0.05, 0.1) is 22.3 Å². The van der Waals surface area contributed by atoms with Crippen LogP contribution in [0.25, 0.3) is 26.7 Å². The van der Waals surface area contributed by atoms with E-state index < -0.39 is 5.97 Å².